The Hall–Kier alpha value is -7.82. The fraction of sp³-hybridized carbons (Fsp3) is 0.0690. The normalized spacial score (nSPS) is 19.0. The van der Waals surface area contributed by atoms with Gasteiger partial charge in [0.15, 0.2) is 5.84 Å². The molecule has 0 radical (unpaired) electrons. The van der Waals surface area contributed by atoms with Gasteiger partial charge in [-0.1, -0.05) is 200 Å². The maximum Gasteiger partial charge on any atom is 0.159 e. The summed E-state index contributed by atoms with van der Waals surface area (Å²) >= 11 is 0. The molecule has 0 saturated heterocycles. The number of benzene rings is 7. The van der Waals surface area contributed by atoms with Crippen LogP contribution in [0.2, 0.25) is 0 Å². The predicted molar refractivity (Wildman–Crippen MR) is 256 cm³/mol. The van der Waals surface area contributed by atoms with Crippen molar-refractivity contribution in [2.75, 3.05) is 0 Å². The Labute approximate surface area is 363 Å². The summed E-state index contributed by atoms with van der Waals surface area (Å²) in [6, 6.07) is 68.7. The highest BCUT2D eigenvalue weighted by Crippen LogP contribution is 2.47. The first-order chi connectivity index (χ1) is 30.7. The molecule has 0 spiro atoms. The minimum Gasteiger partial charge on any atom is -0.374 e. The topological polar surface area (TPSA) is 48.8 Å². The molecule has 2 heterocycles. The predicted octanol–water partition coefficient (Wildman–Crippen LogP) is 13.1. The van der Waals surface area contributed by atoms with Crippen LogP contribution in [0.4, 0.5) is 0 Å². The highest BCUT2D eigenvalue weighted by Gasteiger charge is 2.33. The molecule has 2 aliphatic heterocycles. The van der Waals surface area contributed by atoms with E-state index in [4.69, 9.17) is 9.98 Å². The zero-order chi connectivity index (χ0) is 41.2. The van der Waals surface area contributed by atoms with Crippen molar-refractivity contribution in [2.24, 2.45) is 15.9 Å². The molecule has 2 aliphatic carbocycles. The molecule has 0 aromatic heterocycles. The van der Waals surface area contributed by atoms with Gasteiger partial charge >= 0.3 is 0 Å². The number of hydrogen-bond donors (Lipinski definition) is 2. The molecule has 62 heavy (non-hydrogen) atoms. The highest BCUT2D eigenvalue weighted by molar-refractivity contribution is 6.13. The fourth-order valence-electron chi connectivity index (χ4n) is 9.16. The monoisotopic (exact) mass is 796 g/mol. The number of rotatable bonds is 8. The molecule has 0 amide bonds. The van der Waals surface area contributed by atoms with Crippen LogP contribution in [0.5, 0.6) is 0 Å². The molecule has 2 N–H and O–H groups in total. The van der Waals surface area contributed by atoms with Crippen LogP contribution < -0.4 is 10.6 Å². The summed E-state index contributed by atoms with van der Waals surface area (Å²) in [5.41, 5.74) is 17.9. The van der Waals surface area contributed by atoms with E-state index >= 15 is 0 Å². The van der Waals surface area contributed by atoms with Gasteiger partial charge in [0.1, 0.15) is 12.0 Å². The van der Waals surface area contributed by atoms with E-state index in [0.717, 1.165) is 45.6 Å². The summed E-state index contributed by atoms with van der Waals surface area (Å²) in [6.45, 7) is 0. The van der Waals surface area contributed by atoms with Crippen LogP contribution in [0, 0.1) is 5.92 Å². The number of dihydropyridines is 1. The number of allylic oxidation sites excluding steroid dienone is 8. The SMILES string of the molecule is C1=CC2=C(C(c3ccccc3)=CC(c3ccccc3)N2)C2CC=C(c3ccc(C4N=C(c5cccc(-c6ccccc6)c5)N=C(c5cccc(-c6ccccc6)c5)N4)cc3)C=C12. The molecule has 11 rings (SSSR count). The standard InChI is InChI=1S/C58H44N4/c1-5-15-39(16-6-1)45-23-13-25-49(36-45)57-60-56(61-58(62-57)50-26-14-24-46(37-50)40-17-7-2-8-18-40)44-29-27-41(28-30-44)47-31-33-51-48(35-47)32-34-53-55(51)52(42-19-9-3-10-20-42)38-54(59-53)43-21-11-4-12-22-43/h1-32,34-38,51,54,56,59H,33H2,(H,60,61,62). The first kappa shape index (κ1) is 37.2. The van der Waals surface area contributed by atoms with Gasteiger partial charge in [0.25, 0.3) is 0 Å². The second-order valence-electron chi connectivity index (χ2n) is 16.2. The second-order valence-corrected chi connectivity index (χ2v) is 16.2. The van der Waals surface area contributed by atoms with Gasteiger partial charge in [-0.25, -0.2) is 9.98 Å². The summed E-state index contributed by atoms with van der Waals surface area (Å²) in [7, 11) is 0. The molecular weight excluding hydrogens is 753 g/mol. The number of amidine groups is 2. The average Bonchev–Trinajstić information content (AvgIpc) is 3.37. The zero-order valence-electron chi connectivity index (χ0n) is 34.2. The van der Waals surface area contributed by atoms with E-state index in [0.29, 0.717) is 5.84 Å². The summed E-state index contributed by atoms with van der Waals surface area (Å²) in [5, 5.41) is 7.59. The lowest BCUT2D eigenvalue weighted by atomic mass is 9.72. The number of nitrogens with one attached hydrogen (secondary N) is 2. The van der Waals surface area contributed by atoms with Crippen LogP contribution in [0.3, 0.4) is 0 Å². The Bertz CT molecular complexity index is 3010. The van der Waals surface area contributed by atoms with Crippen LogP contribution in [-0.4, -0.2) is 11.7 Å². The first-order valence-electron chi connectivity index (χ1n) is 21.5. The third-order valence-electron chi connectivity index (χ3n) is 12.3. The van der Waals surface area contributed by atoms with E-state index in [2.05, 4.69) is 229 Å². The van der Waals surface area contributed by atoms with Crippen LogP contribution in [-0.2, 0) is 0 Å². The maximum atomic E-state index is 5.27. The van der Waals surface area contributed by atoms with Crippen molar-refractivity contribution in [3.63, 3.8) is 0 Å². The van der Waals surface area contributed by atoms with E-state index < -0.39 is 0 Å². The Kier molecular flexibility index (Phi) is 9.79. The van der Waals surface area contributed by atoms with Crippen molar-refractivity contribution in [1.82, 2.24) is 10.6 Å². The maximum absolute atomic E-state index is 5.27. The summed E-state index contributed by atoms with van der Waals surface area (Å²) in [5.74, 6) is 1.77. The summed E-state index contributed by atoms with van der Waals surface area (Å²) < 4.78 is 0. The number of aliphatic imine (C=N–C) groups is 2. The van der Waals surface area contributed by atoms with Crippen molar-refractivity contribution in [3.05, 3.63) is 275 Å². The van der Waals surface area contributed by atoms with Crippen molar-refractivity contribution in [2.45, 2.75) is 18.6 Å². The molecule has 3 unspecified atom stereocenters. The molecule has 296 valence electrons. The third-order valence-corrected chi connectivity index (χ3v) is 12.3. The summed E-state index contributed by atoms with van der Waals surface area (Å²) in [6.07, 6.45) is 12.4. The molecule has 4 aliphatic rings. The van der Waals surface area contributed by atoms with Crippen LogP contribution in [0.15, 0.2) is 251 Å². The Morgan fingerprint density at radius 1 is 0.468 bits per heavy atom. The van der Waals surface area contributed by atoms with Crippen molar-refractivity contribution < 1.29 is 0 Å². The van der Waals surface area contributed by atoms with Gasteiger partial charge in [0, 0.05) is 22.7 Å². The van der Waals surface area contributed by atoms with E-state index in [1.54, 1.807) is 0 Å². The molecule has 0 bridgehead atoms. The second kappa shape index (κ2) is 16.3. The van der Waals surface area contributed by atoms with Gasteiger partial charge in [-0.3, -0.25) is 0 Å². The van der Waals surface area contributed by atoms with Gasteiger partial charge in [0.05, 0.1) is 6.04 Å². The van der Waals surface area contributed by atoms with Gasteiger partial charge in [-0.2, -0.15) is 0 Å². The minimum absolute atomic E-state index is 0.105. The zero-order valence-corrected chi connectivity index (χ0v) is 34.2. The molecule has 7 aromatic carbocycles. The van der Waals surface area contributed by atoms with Gasteiger partial charge in [0.2, 0.25) is 0 Å². The molecule has 3 atom stereocenters. The van der Waals surface area contributed by atoms with Crippen molar-refractivity contribution in [3.8, 4) is 22.3 Å². The fourth-order valence-corrected chi connectivity index (χ4v) is 9.16. The van der Waals surface area contributed by atoms with Crippen molar-refractivity contribution >= 4 is 22.8 Å². The Morgan fingerprint density at radius 3 is 1.73 bits per heavy atom. The van der Waals surface area contributed by atoms with Gasteiger partial charge < -0.3 is 10.6 Å². The lowest BCUT2D eigenvalue weighted by Crippen LogP contribution is -2.33. The van der Waals surface area contributed by atoms with Crippen molar-refractivity contribution in [1.29, 1.82) is 0 Å². The third kappa shape index (κ3) is 7.37. The molecule has 0 fully saturated rings. The minimum atomic E-state index is -0.330. The van der Waals surface area contributed by atoms with Gasteiger partial charge in [-0.05, 0) is 97.5 Å². The molecular formula is C58H44N4. The van der Waals surface area contributed by atoms with Crippen LogP contribution in [0.1, 0.15) is 52.0 Å². The molecule has 4 nitrogen and oxygen atoms in total. The summed E-state index contributed by atoms with van der Waals surface area (Å²) in [4.78, 5) is 10.5. The lowest BCUT2D eigenvalue weighted by Gasteiger charge is -2.36. The quantitative estimate of drug-likeness (QED) is 0.161. The first-order valence-corrected chi connectivity index (χ1v) is 21.5. The smallest absolute Gasteiger partial charge is 0.159 e. The van der Waals surface area contributed by atoms with Gasteiger partial charge in [-0.15, -0.1) is 0 Å². The van der Waals surface area contributed by atoms with E-state index in [-0.39, 0.29) is 18.1 Å². The van der Waals surface area contributed by atoms with E-state index in [1.165, 1.54) is 50.2 Å². The molecule has 7 aromatic rings. The average molecular weight is 797 g/mol. The van der Waals surface area contributed by atoms with Crippen LogP contribution >= 0.6 is 0 Å². The Balaban J connectivity index is 0.893. The number of fused-ring (bicyclic) bond motifs is 2. The molecule has 4 heteroatoms. The van der Waals surface area contributed by atoms with Crippen LogP contribution in [0.25, 0.3) is 33.4 Å². The lowest BCUT2D eigenvalue weighted by molar-refractivity contribution is 0.662. The highest BCUT2D eigenvalue weighted by atomic mass is 15.2. The molecule has 0 saturated carbocycles. The largest absolute Gasteiger partial charge is 0.374 e. The van der Waals surface area contributed by atoms with E-state index in [9.17, 15) is 0 Å². The van der Waals surface area contributed by atoms with E-state index in [1.807, 2.05) is 6.07 Å². The Morgan fingerprint density at radius 2 is 1.05 bits per heavy atom. The number of nitrogens with zero attached hydrogens (tertiary/aromatic N) is 2. The number of hydrogen-bond acceptors (Lipinski definition) is 4.